The van der Waals surface area contributed by atoms with Crippen molar-refractivity contribution in [3.8, 4) is 0 Å². The summed E-state index contributed by atoms with van der Waals surface area (Å²) in [4.78, 5) is 18.8. The van der Waals surface area contributed by atoms with Crippen LogP contribution in [0.25, 0.3) is 0 Å². The van der Waals surface area contributed by atoms with Gasteiger partial charge < -0.3 is 10.2 Å². The van der Waals surface area contributed by atoms with E-state index in [0.717, 1.165) is 6.54 Å². The number of aryl methyl sites for hydroxylation is 1. The van der Waals surface area contributed by atoms with Gasteiger partial charge in [0.05, 0.1) is 0 Å². The number of carbonyl (C=O) groups is 1. The summed E-state index contributed by atoms with van der Waals surface area (Å²) in [6.45, 7) is 5.68. The van der Waals surface area contributed by atoms with Crippen molar-refractivity contribution in [1.29, 1.82) is 0 Å². The van der Waals surface area contributed by atoms with Crippen molar-refractivity contribution >= 4 is 17.4 Å². The number of hydrogen-bond acceptors (Lipinski definition) is 3. The smallest absolute Gasteiger partial charge is 0.317 e. The highest BCUT2D eigenvalue weighted by Gasteiger charge is 2.46. The molecule has 5 heteroatoms. The van der Waals surface area contributed by atoms with Crippen LogP contribution >= 0.6 is 11.3 Å². The molecule has 0 aromatic carbocycles. The molecule has 2 heterocycles. The largest absolute Gasteiger partial charge is 0.335 e. The van der Waals surface area contributed by atoms with Gasteiger partial charge in [-0.15, -0.1) is 11.3 Å². The summed E-state index contributed by atoms with van der Waals surface area (Å²) in [6, 6.07) is 4.92. The van der Waals surface area contributed by atoms with E-state index in [1.807, 2.05) is 11.3 Å². The zero-order chi connectivity index (χ0) is 15.7. The fourth-order valence-corrected chi connectivity index (χ4v) is 4.71. The molecule has 3 rings (SSSR count). The first-order valence-corrected chi connectivity index (χ1v) is 9.03. The number of thiophene rings is 1. The zero-order valence-electron chi connectivity index (χ0n) is 13.9. The lowest BCUT2D eigenvalue weighted by molar-refractivity contribution is 0.00664. The van der Waals surface area contributed by atoms with Crippen molar-refractivity contribution in [2.45, 2.75) is 45.2 Å². The van der Waals surface area contributed by atoms with Crippen LogP contribution in [0.5, 0.6) is 0 Å². The Labute approximate surface area is 137 Å². The van der Waals surface area contributed by atoms with Gasteiger partial charge in [0, 0.05) is 36.4 Å². The third-order valence-electron chi connectivity index (χ3n) is 5.18. The van der Waals surface area contributed by atoms with Gasteiger partial charge in [0.1, 0.15) is 0 Å². The summed E-state index contributed by atoms with van der Waals surface area (Å²) in [5.41, 5.74) is 0.506. The van der Waals surface area contributed by atoms with Gasteiger partial charge in [0.25, 0.3) is 0 Å². The fourth-order valence-electron chi connectivity index (χ4n) is 3.78. The molecule has 0 radical (unpaired) electrons. The van der Waals surface area contributed by atoms with E-state index in [1.54, 1.807) is 19.0 Å². The average Bonchev–Trinajstić information content (AvgIpc) is 2.84. The number of hydrogen-bond donors (Lipinski definition) is 1. The van der Waals surface area contributed by atoms with Crippen LogP contribution in [-0.4, -0.2) is 49.1 Å². The molecule has 22 heavy (non-hydrogen) atoms. The van der Waals surface area contributed by atoms with Gasteiger partial charge in [-0.2, -0.15) is 0 Å². The highest BCUT2D eigenvalue weighted by Crippen LogP contribution is 2.49. The molecule has 0 atom stereocenters. The number of nitrogens with one attached hydrogen (secondary N) is 1. The maximum atomic E-state index is 11.7. The first-order chi connectivity index (χ1) is 10.5. The number of nitrogens with zero attached hydrogens (tertiary/aromatic N) is 2. The molecule has 1 N–H and O–H groups in total. The molecule has 1 aromatic rings. The van der Waals surface area contributed by atoms with E-state index in [9.17, 15) is 4.79 Å². The molecular formula is C17H27N3OS. The zero-order valence-corrected chi connectivity index (χ0v) is 14.7. The Balaban J connectivity index is 1.42. The minimum absolute atomic E-state index is 0.0466. The molecular weight excluding hydrogens is 294 g/mol. The van der Waals surface area contributed by atoms with Gasteiger partial charge in [-0.05, 0) is 63.2 Å². The third kappa shape index (κ3) is 3.46. The number of carbonyl (C=O) groups excluding carboxylic acids is 1. The summed E-state index contributed by atoms with van der Waals surface area (Å²) in [5, 5.41) is 3.12. The summed E-state index contributed by atoms with van der Waals surface area (Å²) in [6.07, 6.45) is 4.90. The summed E-state index contributed by atoms with van der Waals surface area (Å²) in [7, 11) is 3.60. The standard InChI is InChI=1S/C17H27N3OS/c1-13-4-5-15(22-13)12-20-8-6-17(7-9-20)10-14(11-17)18-16(21)19(2)3/h4-5,14H,6-12H2,1-3H3,(H,18,21). The van der Waals surface area contributed by atoms with E-state index < -0.39 is 0 Å². The topological polar surface area (TPSA) is 35.6 Å². The number of urea groups is 1. The van der Waals surface area contributed by atoms with Crippen LogP contribution in [0.15, 0.2) is 12.1 Å². The maximum Gasteiger partial charge on any atom is 0.317 e. The Bertz CT molecular complexity index is 524. The van der Waals surface area contributed by atoms with E-state index in [-0.39, 0.29) is 6.03 Å². The van der Waals surface area contributed by atoms with E-state index in [0.29, 0.717) is 11.5 Å². The maximum absolute atomic E-state index is 11.7. The average molecular weight is 321 g/mol. The van der Waals surface area contributed by atoms with Crippen LogP contribution in [0, 0.1) is 12.3 Å². The van der Waals surface area contributed by atoms with Crippen molar-refractivity contribution in [1.82, 2.24) is 15.1 Å². The van der Waals surface area contributed by atoms with Gasteiger partial charge in [0.2, 0.25) is 0 Å². The SMILES string of the molecule is Cc1ccc(CN2CCC3(CC2)CC(NC(=O)N(C)C)C3)s1. The molecule has 1 spiro atoms. The van der Waals surface area contributed by atoms with Crippen LogP contribution in [0.3, 0.4) is 0 Å². The third-order valence-corrected chi connectivity index (χ3v) is 6.17. The van der Waals surface area contributed by atoms with Gasteiger partial charge in [0.15, 0.2) is 0 Å². The molecule has 0 unspecified atom stereocenters. The van der Waals surface area contributed by atoms with Crippen LogP contribution in [0.1, 0.15) is 35.4 Å². The predicted octanol–water partition coefficient (Wildman–Crippen LogP) is 3.07. The Kier molecular flexibility index (Phi) is 4.46. The minimum Gasteiger partial charge on any atom is -0.335 e. The predicted molar refractivity (Wildman–Crippen MR) is 91.2 cm³/mol. The van der Waals surface area contributed by atoms with Crippen molar-refractivity contribution in [3.63, 3.8) is 0 Å². The van der Waals surface area contributed by atoms with E-state index in [4.69, 9.17) is 0 Å². The first kappa shape index (κ1) is 15.8. The number of likely N-dealkylation sites (tertiary alicyclic amines) is 1. The van der Waals surface area contributed by atoms with Crippen molar-refractivity contribution in [3.05, 3.63) is 21.9 Å². The van der Waals surface area contributed by atoms with Crippen molar-refractivity contribution in [2.24, 2.45) is 5.41 Å². The highest BCUT2D eigenvalue weighted by atomic mass is 32.1. The Morgan fingerprint density at radius 3 is 2.59 bits per heavy atom. The molecule has 1 saturated carbocycles. The van der Waals surface area contributed by atoms with Crippen molar-refractivity contribution in [2.75, 3.05) is 27.2 Å². The second kappa shape index (κ2) is 6.20. The molecule has 2 fully saturated rings. The molecule has 1 aromatic heterocycles. The van der Waals surface area contributed by atoms with E-state index >= 15 is 0 Å². The Morgan fingerprint density at radius 2 is 2.05 bits per heavy atom. The molecule has 4 nitrogen and oxygen atoms in total. The molecule has 1 aliphatic heterocycles. The van der Waals surface area contributed by atoms with E-state index in [1.165, 1.54) is 48.5 Å². The lowest BCUT2D eigenvalue weighted by atomic mass is 9.60. The lowest BCUT2D eigenvalue weighted by Gasteiger charge is -2.52. The van der Waals surface area contributed by atoms with Crippen LogP contribution in [0.2, 0.25) is 0 Å². The second-order valence-corrected chi connectivity index (χ2v) is 8.61. The quantitative estimate of drug-likeness (QED) is 0.928. The second-order valence-electron chi connectivity index (χ2n) is 7.24. The molecule has 1 saturated heterocycles. The summed E-state index contributed by atoms with van der Waals surface area (Å²) in [5.74, 6) is 0. The summed E-state index contributed by atoms with van der Waals surface area (Å²) >= 11 is 1.92. The Morgan fingerprint density at radius 1 is 1.36 bits per heavy atom. The Hall–Kier alpha value is -1.07. The highest BCUT2D eigenvalue weighted by molar-refractivity contribution is 7.11. The normalized spacial score (nSPS) is 21.6. The van der Waals surface area contributed by atoms with Crippen molar-refractivity contribution < 1.29 is 4.79 Å². The molecule has 122 valence electrons. The lowest BCUT2D eigenvalue weighted by Crippen LogP contribution is -2.56. The number of piperidine rings is 1. The van der Waals surface area contributed by atoms with Crippen LogP contribution in [0.4, 0.5) is 4.79 Å². The van der Waals surface area contributed by atoms with E-state index in [2.05, 4.69) is 29.3 Å². The molecule has 2 aliphatic rings. The number of rotatable bonds is 3. The minimum atomic E-state index is 0.0466. The van der Waals surface area contributed by atoms with Gasteiger partial charge >= 0.3 is 6.03 Å². The van der Waals surface area contributed by atoms with Crippen LogP contribution < -0.4 is 5.32 Å². The summed E-state index contributed by atoms with van der Waals surface area (Å²) < 4.78 is 0. The molecule has 2 amide bonds. The molecule has 0 bridgehead atoms. The van der Waals surface area contributed by atoms with Crippen LogP contribution in [-0.2, 0) is 6.54 Å². The van der Waals surface area contributed by atoms with Gasteiger partial charge in [-0.25, -0.2) is 4.79 Å². The van der Waals surface area contributed by atoms with Gasteiger partial charge in [-0.1, -0.05) is 0 Å². The molecule has 1 aliphatic carbocycles. The van der Waals surface area contributed by atoms with Gasteiger partial charge in [-0.3, -0.25) is 4.90 Å². The first-order valence-electron chi connectivity index (χ1n) is 8.21. The number of amides is 2. The monoisotopic (exact) mass is 321 g/mol. The fraction of sp³-hybridized carbons (Fsp3) is 0.706.